The number of phenols is 2. The van der Waals surface area contributed by atoms with Crippen LogP contribution >= 0.6 is 0 Å². The first kappa shape index (κ1) is 26.1. The summed E-state index contributed by atoms with van der Waals surface area (Å²) in [5, 5.41) is 55.9. The zero-order chi connectivity index (χ0) is 16.9. The number of carbonyl (C=O) groups is 2. The van der Waals surface area contributed by atoms with Crippen molar-refractivity contribution in [2.75, 3.05) is 0 Å². The molecule has 2 aromatic rings. The van der Waals surface area contributed by atoms with Crippen LogP contribution in [0.15, 0.2) is 36.4 Å². The summed E-state index contributed by atoms with van der Waals surface area (Å²) in [6.45, 7) is 0. The fourth-order valence-corrected chi connectivity index (χ4v) is 1.39. The van der Waals surface area contributed by atoms with Crippen molar-refractivity contribution in [3.8, 4) is 23.0 Å². The van der Waals surface area contributed by atoms with Gasteiger partial charge in [0.05, 0.1) is 11.1 Å². The van der Waals surface area contributed by atoms with Crippen LogP contribution in [0.25, 0.3) is 0 Å². The summed E-state index contributed by atoms with van der Waals surface area (Å²) in [6, 6.07) is 7.19. The third-order valence-electron chi connectivity index (χ3n) is 2.45. The van der Waals surface area contributed by atoms with Crippen molar-refractivity contribution in [2.24, 2.45) is 0 Å². The fraction of sp³-hybridized carbons (Fsp3) is 0. The molecule has 0 bridgehead atoms. The molecule has 10 heteroatoms. The smallest absolute Gasteiger partial charge is 0.869 e. The standard InChI is InChI=1S/2C7H6O4.2K/c2*8-5-3-1-2-4(6(5)9)7(10)11;;/h2*1-3,8-9H,(H,10,11);;/q;;2*+1/p-2. The number of phenolic OH excluding ortho intramolecular Hbond substituents is 2. The summed E-state index contributed by atoms with van der Waals surface area (Å²) in [7, 11) is 0. The number of hydrogen-bond donors (Lipinski definition) is 4. The Labute approximate surface area is 221 Å². The van der Waals surface area contributed by atoms with Gasteiger partial charge < -0.3 is 30.6 Å². The third kappa shape index (κ3) is 7.39. The molecule has 0 aliphatic heterocycles. The Morgan fingerprint density at radius 2 is 1.00 bits per heavy atom. The molecule has 0 atom stereocenters. The van der Waals surface area contributed by atoms with Crippen molar-refractivity contribution in [3.63, 3.8) is 0 Å². The summed E-state index contributed by atoms with van der Waals surface area (Å²) >= 11 is 0. The summed E-state index contributed by atoms with van der Waals surface area (Å²) < 4.78 is 0. The third-order valence-corrected chi connectivity index (χ3v) is 2.45. The van der Waals surface area contributed by atoms with E-state index >= 15 is 0 Å². The molecule has 0 aliphatic rings. The number of aromatic hydroxyl groups is 2. The van der Waals surface area contributed by atoms with Gasteiger partial charge in [-0.1, -0.05) is 23.6 Å². The molecule has 0 aromatic heterocycles. The monoisotopic (exact) mass is 384 g/mol. The molecule has 116 valence electrons. The van der Waals surface area contributed by atoms with E-state index in [4.69, 9.17) is 20.4 Å². The molecule has 4 N–H and O–H groups in total. The average Bonchev–Trinajstić information content (AvgIpc) is 2.45. The fourth-order valence-electron chi connectivity index (χ4n) is 1.39. The Morgan fingerprint density at radius 1 is 0.708 bits per heavy atom. The van der Waals surface area contributed by atoms with Crippen molar-refractivity contribution in [2.45, 2.75) is 0 Å². The molecule has 0 amide bonds. The Balaban J connectivity index is 0. The van der Waals surface area contributed by atoms with Gasteiger partial charge in [-0.2, -0.15) is 0 Å². The first-order valence-electron chi connectivity index (χ1n) is 5.70. The van der Waals surface area contributed by atoms with E-state index < -0.39 is 46.1 Å². The second-order valence-electron chi connectivity index (χ2n) is 3.92. The maximum Gasteiger partial charge on any atom is 1.00 e. The maximum absolute atomic E-state index is 10.8. The topological polar surface area (TPSA) is 161 Å². The molecule has 0 heterocycles. The number of carboxylic acid groups (broad SMARTS) is 2. The molecule has 2 aromatic carbocycles. The van der Waals surface area contributed by atoms with E-state index in [9.17, 15) is 19.8 Å². The van der Waals surface area contributed by atoms with Crippen LogP contribution in [0.5, 0.6) is 23.0 Å². The minimum Gasteiger partial charge on any atom is -0.869 e. The first-order chi connectivity index (χ1) is 10.3. The van der Waals surface area contributed by atoms with Crippen LogP contribution in [-0.4, -0.2) is 32.4 Å². The van der Waals surface area contributed by atoms with Crippen LogP contribution in [0.4, 0.5) is 0 Å². The minimum absolute atomic E-state index is 0. The van der Waals surface area contributed by atoms with Crippen LogP contribution in [-0.2, 0) is 0 Å². The van der Waals surface area contributed by atoms with E-state index in [2.05, 4.69) is 0 Å². The summed E-state index contributed by atoms with van der Waals surface area (Å²) in [6.07, 6.45) is 0. The van der Waals surface area contributed by atoms with E-state index in [1.165, 1.54) is 12.1 Å². The molecule has 0 radical (unpaired) electrons. The van der Waals surface area contributed by atoms with Crippen LogP contribution in [0.1, 0.15) is 20.7 Å². The van der Waals surface area contributed by atoms with Crippen molar-refractivity contribution in [3.05, 3.63) is 47.5 Å². The largest absolute Gasteiger partial charge is 1.00 e. The predicted molar refractivity (Wildman–Crippen MR) is 69.0 cm³/mol. The van der Waals surface area contributed by atoms with Crippen molar-refractivity contribution in [1.29, 1.82) is 0 Å². The van der Waals surface area contributed by atoms with Gasteiger partial charge in [-0.05, 0) is 24.3 Å². The summed E-state index contributed by atoms with van der Waals surface area (Å²) in [5.41, 5.74) is -0.824. The number of hydrogen-bond acceptors (Lipinski definition) is 6. The number of aromatic carboxylic acids is 2. The second kappa shape index (κ2) is 12.2. The van der Waals surface area contributed by atoms with Crippen LogP contribution < -0.4 is 113 Å². The molecule has 0 spiro atoms. The van der Waals surface area contributed by atoms with Crippen molar-refractivity contribution >= 4 is 11.9 Å². The molecule has 0 unspecified atom stereocenters. The molecule has 0 saturated heterocycles. The quantitative estimate of drug-likeness (QED) is 0.373. The van der Waals surface area contributed by atoms with Gasteiger partial charge >= 0.3 is 115 Å². The van der Waals surface area contributed by atoms with Gasteiger partial charge in [0.15, 0.2) is 0 Å². The SMILES string of the molecule is O=C(O)c1cccc(O)c1[O-].O=C(O)c1cccc(O)c1[O-].[K+].[K+]. The Hall–Kier alpha value is -0.147. The molecular formula is C14H10K2O8. The maximum atomic E-state index is 10.8. The van der Waals surface area contributed by atoms with Crippen molar-refractivity contribution in [1.82, 2.24) is 0 Å². The van der Waals surface area contributed by atoms with Crippen molar-refractivity contribution < 1.29 is 143 Å². The Morgan fingerprint density at radius 3 is 1.21 bits per heavy atom. The van der Waals surface area contributed by atoms with E-state index in [-0.39, 0.29) is 103 Å². The molecule has 0 fully saturated rings. The zero-order valence-corrected chi connectivity index (χ0v) is 19.1. The van der Waals surface area contributed by atoms with Crippen LogP contribution in [0, 0.1) is 0 Å². The van der Waals surface area contributed by atoms with Crippen LogP contribution in [0.3, 0.4) is 0 Å². The zero-order valence-electron chi connectivity index (χ0n) is 12.9. The number of carboxylic acids is 2. The van der Waals surface area contributed by atoms with Gasteiger partial charge in [-0.25, -0.2) is 9.59 Å². The molecule has 8 nitrogen and oxygen atoms in total. The molecular weight excluding hydrogens is 374 g/mol. The molecule has 2 rings (SSSR count). The number of rotatable bonds is 2. The van der Waals surface area contributed by atoms with E-state index in [0.29, 0.717) is 0 Å². The van der Waals surface area contributed by atoms with Crippen LogP contribution in [0.2, 0.25) is 0 Å². The minimum atomic E-state index is -1.33. The van der Waals surface area contributed by atoms with E-state index in [1.54, 1.807) is 0 Å². The normalized spacial score (nSPS) is 8.67. The molecule has 0 aliphatic carbocycles. The predicted octanol–water partition coefficient (Wildman–Crippen LogP) is -5.66. The van der Waals surface area contributed by atoms with E-state index in [0.717, 1.165) is 24.3 Å². The number of benzene rings is 2. The van der Waals surface area contributed by atoms with Gasteiger partial charge in [-0.3, -0.25) is 0 Å². The molecule has 0 saturated carbocycles. The first-order valence-corrected chi connectivity index (χ1v) is 5.70. The van der Waals surface area contributed by atoms with Gasteiger partial charge in [0, 0.05) is 0 Å². The summed E-state index contributed by atoms with van der Waals surface area (Å²) in [5.74, 6) is -5.42. The average molecular weight is 384 g/mol. The van der Waals surface area contributed by atoms with Gasteiger partial charge in [0.25, 0.3) is 0 Å². The second-order valence-corrected chi connectivity index (χ2v) is 3.92. The van der Waals surface area contributed by atoms with E-state index in [1.807, 2.05) is 0 Å². The van der Waals surface area contributed by atoms with Gasteiger partial charge in [0.1, 0.15) is 11.5 Å². The Kier molecular flexibility index (Phi) is 13.3. The van der Waals surface area contributed by atoms with Gasteiger partial charge in [0.2, 0.25) is 0 Å². The van der Waals surface area contributed by atoms with Gasteiger partial charge in [-0.15, -0.1) is 0 Å². The summed E-state index contributed by atoms with van der Waals surface area (Å²) in [4.78, 5) is 20.5. The number of para-hydroxylation sites is 2. The molecule has 24 heavy (non-hydrogen) atoms. The Bertz CT molecular complexity index is 656.